The van der Waals surface area contributed by atoms with Gasteiger partial charge >= 0.3 is 0 Å². The number of piperazine rings is 1. The highest BCUT2D eigenvalue weighted by Crippen LogP contribution is 2.18. The van der Waals surface area contributed by atoms with Crippen LogP contribution in [0.1, 0.15) is 25.5 Å². The Hall–Kier alpha value is -1.92. The molecule has 1 amide bonds. The first-order valence-electron chi connectivity index (χ1n) is 9.00. The van der Waals surface area contributed by atoms with Crippen LogP contribution in [0.2, 0.25) is 0 Å². The average molecular weight is 417 g/mol. The van der Waals surface area contributed by atoms with Crippen molar-refractivity contribution in [1.29, 1.82) is 0 Å². The number of carbonyl (C=O) groups excluding carboxylic acids is 1. The highest BCUT2D eigenvalue weighted by Gasteiger charge is 2.26. The molecule has 0 radical (unpaired) electrons. The van der Waals surface area contributed by atoms with E-state index in [4.69, 9.17) is 0 Å². The number of nitrogens with zero attached hydrogens (tertiary/aromatic N) is 3. The Morgan fingerprint density at radius 3 is 2.38 bits per heavy atom. The van der Waals surface area contributed by atoms with Gasteiger partial charge in [0.25, 0.3) is 0 Å². The van der Waals surface area contributed by atoms with Crippen LogP contribution in [0.25, 0.3) is 0 Å². The molecule has 2 aromatic rings. The molecule has 1 aliphatic heterocycles. The summed E-state index contributed by atoms with van der Waals surface area (Å²) in [6, 6.07) is 14.0. The van der Waals surface area contributed by atoms with E-state index in [0.29, 0.717) is 0 Å². The van der Waals surface area contributed by atoms with E-state index in [1.807, 2.05) is 62.5 Å². The molecule has 1 aromatic heterocycles. The lowest BCUT2D eigenvalue weighted by atomic mass is 10.1. The number of carbonyl (C=O) groups is 1. The van der Waals surface area contributed by atoms with Crippen LogP contribution < -0.4 is 10.2 Å². The van der Waals surface area contributed by atoms with Crippen molar-refractivity contribution in [2.24, 2.45) is 0 Å². The van der Waals surface area contributed by atoms with Crippen molar-refractivity contribution in [3.05, 3.63) is 58.7 Å². The molecule has 1 aliphatic rings. The highest BCUT2D eigenvalue weighted by molar-refractivity contribution is 9.10. The predicted molar refractivity (Wildman–Crippen MR) is 108 cm³/mol. The molecule has 2 atom stereocenters. The highest BCUT2D eigenvalue weighted by atomic mass is 79.9. The summed E-state index contributed by atoms with van der Waals surface area (Å²) in [6.45, 7) is 7.47. The van der Waals surface area contributed by atoms with E-state index in [9.17, 15) is 4.79 Å². The second-order valence-electron chi connectivity index (χ2n) is 6.67. The number of anilines is 1. The lowest BCUT2D eigenvalue weighted by Gasteiger charge is -2.38. The van der Waals surface area contributed by atoms with Crippen LogP contribution >= 0.6 is 15.9 Å². The third-order valence-corrected chi connectivity index (χ3v) is 5.40. The van der Waals surface area contributed by atoms with Gasteiger partial charge in [-0.2, -0.15) is 0 Å². The SMILES string of the molecule is CC(NC(=O)C(C)N1CCN(c2ccc(Br)cn2)CC1)c1ccccc1. The van der Waals surface area contributed by atoms with Crippen molar-refractivity contribution in [2.45, 2.75) is 25.9 Å². The van der Waals surface area contributed by atoms with E-state index >= 15 is 0 Å². The van der Waals surface area contributed by atoms with Gasteiger partial charge in [-0.05, 0) is 47.5 Å². The zero-order valence-corrected chi connectivity index (χ0v) is 16.8. The molecular formula is C20H25BrN4O. The van der Waals surface area contributed by atoms with Gasteiger partial charge in [-0.15, -0.1) is 0 Å². The molecule has 0 bridgehead atoms. The van der Waals surface area contributed by atoms with E-state index in [1.54, 1.807) is 0 Å². The average Bonchev–Trinajstić information content (AvgIpc) is 2.69. The summed E-state index contributed by atoms with van der Waals surface area (Å²) in [4.78, 5) is 21.6. The zero-order chi connectivity index (χ0) is 18.5. The Morgan fingerprint density at radius 2 is 1.77 bits per heavy atom. The van der Waals surface area contributed by atoms with Crippen molar-refractivity contribution in [3.8, 4) is 0 Å². The van der Waals surface area contributed by atoms with Crippen LogP contribution in [0, 0.1) is 0 Å². The summed E-state index contributed by atoms with van der Waals surface area (Å²) in [5.41, 5.74) is 1.12. The first-order valence-corrected chi connectivity index (χ1v) is 9.80. The normalized spacial score (nSPS) is 17.6. The molecular weight excluding hydrogens is 392 g/mol. The van der Waals surface area contributed by atoms with E-state index in [2.05, 4.69) is 36.0 Å². The van der Waals surface area contributed by atoms with Crippen LogP contribution in [0.3, 0.4) is 0 Å². The van der Waals surface area contributed by atoms with Gasteiger partial charge < -0.3 is 10.2 Å². The number of pyridine rings is 1. The van der Waals surface area contributed by atoms with Crippen molar-refractivity contribution in [2.75, 3.05) is 31.1 Å². The quantitative estimate of drug-likeness (QED) is 0.812. The van der Waals surface area contributed by atoms with Crippen molar-refractivity contribution in [3.63, 3.8) is 0 Å². The smallest absolute Gasteiger partial charge is 0.237 e. The van der Waals surface area contributed by atoms with E-state index < -0.39 is 0 Å². The van der Waals surface area contributed by atoms with E-state index in [-0.39, 0.29) is 18.0 Å². The second-order valence-corrected chi connectivity index (χ2v) is 7.59. The Bertz CT molecular complexity index is 714. The summed E-state index contributed by atoms with van der Waals surface area (Å²) in [7, 11) is 0. The number of hydrogen-bond acceptors (Lipinski definition) is 4. The van der Waals surface area contributed by atoms with Crippen molar-refractivity contribution < 1.29 is 4.79 Å². The van der Waals surface area contributed by atoms with Crippen molar-refractivity contribution >= 4 is 27.7 Å². The van der Waals surface area contributed by atoms with Gasteiger partial charge in [0.2, 0.25) is 5.91 Å². The van der Waals surface area contributed by atoms with Gasteiger partial charge in [0.1, 0.15) is 5.82 Å². The van der Waals surface area contributed by atoms with Crippen LogP contribution in [0.15, 0.2) is 53.1 Å². The monoisotopic (exact) mass is 416 g/mol. The van der Waals surface area contributed by atoms with Gasteiger partial charge in [0.15, 0.2) is 0 Å². The maximum Gasteiger partial charge on any atom is 0.237 e. The molecule has 1 saturated heterocycles. The first-order chi connectivity index (χ1) is 12.5. The maximum absolute atomic E-state index is 12.6. The number of nitrogens with one attached hydrogen (secondary N) is 1. The van der Waals surface area contributed by atoms with Gasteiger partial charge in [-0.1, -0.05) is 30.3 Å². The summed E-state index contributed by atoms with van der Waals surface area (Å²) < 4.78 is 0.984. The molecule has 2 heterocycles. The largest absolute Gasteiger partial charge is 0.354 e. The second kappa shape index (κ2) is 8.64. The molecule has 138 valence electrons. The lowest BCUT2D eigenvalue weighted by molar-refractivity contribution is -0.126. The zero-order valence-electron chi connectivity index (χ0n) is 15.2. The number of amides is 1. The molecule has 0 saturated carbocycles. The number of halogens is 1. The minimum Gasteiger partial charge on any atom is -0.354 e. The van der Waals surface area contributed by atoms with Crippen LogP contribution in [0.5, 0.6) is 0 Å². The van der Waals surface area contributed by atoms with Crippen LogP contribution in [-0.4, -0.2) is 48.0 Å². The minimum absolute atomic E-state index is 0.0133. The van der Waals surface area contributed by atoms with Crippen LogP contribution in [0.4, 0.5) is 5.82 Å². The molecule has 2 unspecified atom stereocenters. The standard InChI is InChI=1S/C20H25BrN4O/c1-15(17-6-4-3-5-7-17)23-20(26)16(2)24-10-12-25(13-11-24)19-9-8-18(21)14-22-19/h3-9,14-16H,10-13H2,1-2H3,(H,23,26). The number of rotatable bonds is 5. The van der Waals surface area contributed by atoms with Gasteiger partial charge in [-0.3, -0.25) is 9.69 Å². The van der Waals surface area contributed by atoms with Crippen LogP contribution in [-0.2, 0) is 4.79 Å². The van der Waals surface area contributed by atoms with Gasteiger partial charge in [0, 0.05) is 36.8 Å². The maximum atomic E-state index is 12.6. The fourth-order valence-electron chi connectivity index (χ4n) is 3.22. The fourth-order valence-corrected chi connectivity index (χ4v) is 3.45. The number of hydrogen-bond donors (Lipinski definition) is 1. The molecule has 5 nitrogen and oxygen atoms in total. The first kappa shape index (κ1) is 18.9. The lowest BCUT2D eigenvalue weighted by Crippen LogP contribution is -2.54. The minimum atomic E-state index is -0.138. The Balaban J connectivity index is 1.52. The predicted octanol–water partition coefficient (Wildman–Crippen LogP) is 3.23. The molecule has 3 rings (SSSR count). The third-order valence-electron chi connectivity index (χ3n) is 4.94. The molecule has 1 aromatic carbocycles. The molecule has 1 fully saturated rings. The fraction of sp³-hybridized carbons (Fsp3) is 0.400. The summed E-state index contributed by atoms with van der Waals surface area (Å²) in [5.74, 6) is 1.07. The molecule has 0 aliphatic carbocycles. The molecule has 0 spiro atoms. The Morgan fingerprint density at radius 1 is 1.08 bits per heavy atom. The third kappa shape index (κ3) is 4.62. The summed E-state index contributed by atoms with van der Waals surface area (Å²) in [5, 5.41) is 3.13. The van der Waals surface area contributed by atoms with Gasteiger partial charge in [0.05, 0.1) is 12.1 Å². The Kier molecular flexibility index (Phi) is 6.27. The number of aromatic nitrogens is 1. The van der Waals surface area contributed by atoms with E-state index in [1.165, 1.54) is 0 Å². The topological polar surface area (TPSA) is 48.5 Å². The molecule has 26 heavy (non-hydrogen) atoms. The van der Waals surface area contributed by atoms with Crippen molar-refractivity contribution in [1.82, 2.24) is 15.2 Å². The number of benzene rings is 1. The molecule has 6 heteroatoms. The van der Waals surface area contributed by atoms with E-state index in [0.717, 1.165) is 42.0 Å². The van der Waals surface area contributed by atoms with Gasteiger partial charge in [-0.25, -0.2) is 4.98 Å². The molecule has 1 N–H and O–H groups in total. The Labute approximate surface area is 163 Å². The summed E-state index contributed by atoms with van der Waals surface area (Å²) >= 11 is 3.42. The summed E-state index contributed by atoms with van der Waals surface area (Å²) in [6.07, 6.45) is 1.82.